The number of fused-ring (bicyclic) bond motifs is 1. The first-order chi connectivity index (χ1) is 6.58. The Labute approximate surface area is 82.5 Å². The Balaban J connectivity index is 2.45. The van der Waals surface area contributed by atoms with Gasteiger partial charge in [0.25, 0.3) is 0 Å². The molecule has 1 unspecified atom stereocenters. The summed E-state index contributed by atoms with van der Waals surface area (Å²) in [5.41, 5.74) is 1.77. The van der Waals surface area contributed by atoms with Crippen molar-refractivity contribution in [3.05, 3.63) is 5.69 Å². The molecule has 1 aliphatic rings. The van der Waals surface area contributed by atoms with E-state index in [0.717, 1.165) is 17.2 Å². The van der Waals surface area contributed by atoms with Crippen molar-refractivity contribution >= 4 is 17.4 Å². The van der Waals surface area contributed by atoms with Gasteiger partial charge in [0.2, 0.25) is 5.91 Å². The fourth-order valence-corrected chi connectivity index (χ4v) is 1.61. The molecule has 1 aliphatic heterocycles. The van der Waals surface area contributed by atoms with E-state index in [2.05, 4.69) is 15.7 Å². The number of nitrogens with zero attached hydrogens (tertiary/aromatic N) is 2. The van der Waals surface area contributed by atoms with E-state index in [-0.39, 0.29) is 11.9 Å². The predicted octanol–water partition coefficient (Wildman–Crippen LogP) is 0.871. The van der Waals surface area contributed by atoms with E-state index in [1.807, 2.05) is 20.9 Å². The normalized spacial score (nSPS) is 20.8. The molecule has 1 aromatic rings. The number of aromatic nitrogens is 2. The molecular weight excluding hydrogens is 180 g/mol. The summed E-state index contributed by atoms with van der Waals surface area (Å²) >= 11 is 0. The summed E-state index contributed by atoms with van der Waals surface area (Å²) < 4.78 is 1.76. The standard InChI is InChI=1S/C9H14N4O/c1-5-4-7(14)11-8-6(2)13(3)12-9(8)10-5/h5H,4H2,1-3H3,(H,10,12)(H,11,14). The number of carbonyl (C=O) groups is 1. The lowest BCUT2D eigenvalue weighted by Gasteiger charge is -2.07. The van der Waals surface area contributed by atoms with Gasteiger partial charge in [0, 0.05) is 19.5 Å². The van der Waals surface area contributed by atoms with Crippen molar-refractivity contribution in [1.29, 1.82) is 0 Å². The number of rotatable bonds is 0. The molecular formula is C9H14N4O. The maximum Gasteiger partial charge on any atom is 0.226 e. The molecule has 0 saturated carbocycles. The maximum atomic E-state index is 11.4. The van der Waals surface area contributed by atoms with E-state index in [1.54, 1.807) is 4.68 Å². The third kappa shape index (κ3) is 1.34. The van der Waals surface area contributed by atoms with Crippen LogP contribution in [-0.4, -0.2) is 21.7 Å². The van der Waals surface area contributed by atoms with Gasteiger partial charge in [0.15, 0.2) is 5.82 Å². The molecule has 1 amide bonds. The molecule has 76 valence electrons. The quantitative estimate of drug-likeness (QED) is 0.644. The second-order valence-corrected chi connectivity index (χ2v) is 3.73. The van der Waals surface area contributed by atoms with Crippen molar-refractivity contribution in [3.63, 3.8) is 0 Å². The van der Waals surface area contributed by atoms with Crippen molar-refractivity contribution in [1.82, 2.24) is 9.78 Å². The first kappa shape index (κ1) is 9.05. The van der Waals surface area contributed by atoms with Crippen LogP contribution in [0.1, 0.15) is 19.0 Å². The van der Waals surface area contributed by atoms with E-state index in [4.69, 9.17) is 0 Å². The van der Waals surface area contributed by atoms with Gasteiger partial charge in [-0.25, -0.2) is 0 Å². The van der Waals surface area contributed by atoms with Crippen LogP contribution in [0.2, 0.25) is 0 Å². The van der Waals surface area contributed by atoms with Gasteiger partial charge < -0.3 is 10.6 Å². The Kier molecular flexibility index (Phi) is 1.94. The van der Waals surface area contributed by atoms with Crippen molar-refractivity contribution in [2.24, 2.45) is 7.05 Å². The highest BCUT2D eigenvalue weighted by molar-refractivity contribution is 5.96. The number of nitrogens with one attached hydrogen (secondary N) is 2. The molecule has 14 heavy (non-hydrogen) atoms. The van der Waals surface area contributed by atoms with Crippen LogP contribution in [0.3, 0.4) is 0 Å². The molecule has 0 aliphatic carbocycles. The lowest BCUT2D eigenvalue weighted by Crippen LogP contribution is -2.20. The summed E-state index contributed by atoms with van der Waals surface area (Å²) in [5, 5.41) is 10.3. The van der Waals surface area contributed by atoms with Gasteiger partial charge in [-0.3, -0.25) is 9.48 Å². The van der Waals surface area contributed by atoms with E-state index in [9.17, 15) is 4.79 Å². The monoisotopic (exact) mass is 194 g/mol. The molecule has 5 nitrogen and oxygen atoms in total. The van der Waals surface area contributed by atoms with E-state index >= 15 is 0 Å². The molecule has 0 radical (unpaired) electrons. The van der Waals surface area contributed by atoms with Gasteiger partial charge in [0.05, 0.1) is 5.69 Å². The van der Waals surface area contributed by atoms with Crippen LogP contribution in [0.25, 0.3) is 0 Å². The van der Waals surface area contributed by atoms with E-state index in [0.29, 0.717) is 6.42 Å². The van der Waals surface area contributed by atoms with E-state index in [1.165, 1.54) is 0 Å². The Morgan fingerprint density at radius 3 is 3.00 bits per heavy atom. The summed E-state index contributed by atoms with van der Waals surface area (Å²) in [6.07, 6.45) is 0.486. The average Bonchev–Trinajstić information content (AvgIpc) is 2.30. The van der Waals surface area contributed by atoms with Gasteiger partial charge in [-0.1, -0.05) is 0 Å². The Hall–Kier alpha value is -1.52. The lowest BCUT2D eigenvalue weighted by molar-refractivity contribution is -0.116. The molecule has 1 atom stereocenters. The summed E-state index contributed by atoms with van der Waals surface area (Å²) in [7, 11) is 1.86. The zero-order valence-corrected chi connectivity index (χ0v) is 8.59. The Morgan fingerprint density at radius 1 is 1.57 bits per heavy atom. The van der Waals surface area contributed by atoms with Crippen LogP contribution in [0.5, 0.6) is 0 Å². The molecule has 0 aromatic carbocycles. The van der Waals surface area contributed by atoms with Crippen molar-refractivity contribution < 1.29 is 4.79 Å². The molecule has 0 spiro atoms. The second kappa shape index (κ2) is 3.01. The van der Waals surface area contributed by atoms with Crippen LogP contribution < -0.4 is 10.6 Å². The maximum absolute atomic E-state index is 11.4. The highest BCUT2D eigenvalue weighted by atomic mass is 16.1. The zero-order chi connectivity index (χ0) is 10.3. The number of anilines is 2. The third-order valence-corrected chi connectivity index (χ3v) is 2.47. The minimum Gasteiger partial charge on any atom is -0.364 e. The van der Waals surface area contributed by atoms with Crippen LogP contribution in [-0.2, 0) is 11.8 Å². The summed E-state index contributed by atoms with van der Waals surface area (Å²) in [6, 6.07) is 0.130. The largest absolute Gasteiger partial charge is 0.364 e. The zero-order valence-electron chi connectivity index (χ0n) is 8.59. The third-order valence-electron chi connectivity index (χ3n) is 2.47. The first-order valence-corrected chi connectivity index (χ1v) is 4.68. The molecule has 1 aromatic heterocycles. The minimum absolute atomic E-state index is 0.0415. The predicted molar refractivity (Wildman–Crippen MR) is 54.3 cm³/mol. The topological polar surface area (TPSA) is 59.0 Å². The molecule has 0 saturated heterocycles. The SMILES string of the molecule is Cc1c2c(nn1C)NC(C)CC(=O)N2. The van der Waals surface area contributed by atoms with Gasteiger partial charge in [-0.15, -0.1) is 0 Å². The molecule has 0 bridgehead atoms. The summed E-state index contributed by atoms with van der Waals surface area (Å²) in [4.78, 5) is 11.4. The number of hydrogen-bond acceptors (Lipinski definition) is 3. The van der Waals surface area contributed by atoms with Gasteiger partial charge in [0.1, 0.15) is 5.69 Å². The fourth-order valence-electron chi connectivity index (χ4n) is 1.61. The Bertz CT molecular complexity index is 382. The van der Waals surface area contributed by atoms with Crippen molar-refractivity contribution in [3.8, 4) is 0 Å². The van der Waals surface area contributed by atoms with Gasteiger partial charge in [-0.2, -0.15) is 5.10 Å². The van der Waals surface area contributed by atoms with Crippen LogP contribution >= 0.6 is 0 Å². The summed E-state index contributed by atoms with van der Waals surface area (Å²) in [6.45, 7) is 3.91. The van der Waals surface area contributed by atoms with Gasteiger partial charge >= 0.3 is 0 Å². The van der Waals surface area contributed by atoms with Crippen molar-refractivity contribution in [2.75, 3.05) is 10.6 Å². The molecule has 2 rings (SSSR count). The van der Waals surface area contributed by atoms with Crippen LogP contribution in [0.4, 0.5) is 11.5 Å². The summed E-state index contributed by atoms with van der Waals surface area (Å²) in [5.74, 6) is 0.809. The fraction of sp³-hybridized carbons (Fsp3) is 0.556. The van der Waals surface area contributed by atoms with Crippen molar-refractivity contribution in [2.45, 2.75) is 26.3 Å². The highest BCUT2D eigenvalue weighted by Gasteiger charge is 2.22. The minimum atomic E-state index is 0.0415. The molecule has 2 heterocycles. The first-order valence-electron chi connectivity index (χ1n) is 4.68. The second-order valence-electron chi connectivity index (χ2n) is 3.73. The number of hydrogen-bond donors (Lipinski definition) is 2. The molecule has 0 fully saturated rings. The Morgan fingerprint density at radius 2 is 2.29 bits per heavy atom. The van der Waals surface area contributed by atoms with Crippen LogP contribution in [0.15, 0.2) is 0 Å². The molecule has 2 N–H and O–H groups in total. The van der Waals surface area contributed by atoms with Gasteiger partial charge in [-0.05, 0) is 13.8 Å². The average molecular weight is 194 g/mol. The van der Waals surface area contributed by atoms with E-state index < -0.39 is 0 Å². The number of aryl methyl sites for hydroxylation is 1. The number of amides is 1. The molecule has 5 heteroatoms. The lowest BCUT2D eigenvalue weighted by atomic mass is 10.2. The van der Waals surface area contributed by atoms with Crippen LogP contribution in [0, 0.1) is 6.92 Å². The highest BCUT2D eigenvalue weighted by Crippen LogP contribution is 2.27. The number of carbonyl (C=O) groups excluding carboxylic acids is 1. The smallest absolute Gasteiger partial charge is 0.226 e.